The summed E-state index contributed by atoms with van der Waals surface area (Å²) in [5, 5.41) is 0.496. The van der Waals surface area contributed by atoms with Crippen LogP contribution in [0.5, 0.6) is 5.75 Å². The summed E-state index contributed by atoms with van der Waals surface area (Å²) >= 11 is 0. The van der Waals surface area contributed by atoms with E-state index in [9.17, 15) is 18.8 Å². The normalized spacial score (nSPS) is 13.6. The number of halogens is 1. The van der Waals surface area contributed by atoms with E-state index >= 15 is 0 Å². The predicted molar refractivity (Wildman–Crippen MR) is 134 cm³/mol. The molecule has 1 saturated heterocycles. The molecule has 1 aliphatic heterocycles. The van der Waals surface area contributed by atoms with Gasteiger partial charge in [0.05, 0.1) is 23.6 Å². The van der Waals surface area contributed by atoms with Crippen LogP contribution in [-0.2, 0) is 4.79 Å². The largest absolute Gasteiger partial charge is 0.496 e. The summed E-state index contributed by atoms with van der Waals surface area (Å²) in [6.07, 6.45) is 1.51. The highest BCUT2D eigenvalue weighted by atomic mass is 19.1. The maximum Gasteiger partial charge on any atom is 0.295 e. The SMILES string of the molecule is COc1ccc(-c2ccc(F)cc2)c2[nH]cc(C(=O)C(=O)N3CCN(C(=O)c4ccccc4)CC3)c12. The van der Waals surface area contributed by atoms with Crippen LogP contribution in [0.3, 0.4) is 0 Å². The predicted octanol–water partition coefficient (Wildman–Crippen LogP) is 4.15. The van der Waals surface area contributed by atoms with Gasteiger partial charge >= 0.3 is 0 Å². The Labute approximate surface area is 207 Å². The Morgan fingerprint density at radius 1 is 0.861 bits per heavy atom. The minimum absolute atomic E-state index is 0.0938. The number of methoxy groups -OCH3 is 1. The minimum Gasteiger partial charge on any atom is -0.496 e. The number of H-pyrrole nitrogens is 1. The van der Waals surface area contributed by atoms with Crippen molar-refractivity contribution in [3.63, 3.8) is 0 Å². The molecular formula is C28H24FN3O4. The maximum absolute atomic E-state index is 13.4. The van der Waals surface area contributed by atoms with E-state index in [-0.39, 0.29) is 30.4 Å². The molecular weight excluding hydrogens is 461 g/mol. The van der Waals surface area contributed by atoms with E-state index in [2.05, 4.69) is 4.98 Å². The molecule has 3 aromatic carbocycles. The van der Waals surface area contributed by atoms with Crippen LogP contribution < -0.4 is 4.74 Å². The van der Waals surface area contributed by atoms with Gasteiger partial charge in [-0.15, -0.1) is 0 Å². The van der Waals surface area contributed by atoms with Gasteiger partial charge in [0.25, 0.3) is 17.6 Å². The number of rotatable bonds is 5. The van der Waals surface area contributed by atoms with E-state index < -0.39 is 11.7 Å². The number of ether oxygens (including phenoxy) is 1. The van der Waals surface area contributed by atoms with Gasteiger partial charge < -0.3 is 19.5 Å². The second-order valence-corrected chi connectivity index (χ2v) is 8.55. The highest BCUT2D eigenvalue weighted by Crippen LogP contribution is 2.36. The van der Waals surface area contributed by atoms with E-state index in [4.69, 9.17) is 4.74 Å². The van der Waals surface area contributed by atoms with E-state index in [1.807, 2.05) is 24.3 Å². The number of nitrogens with zero attached hydrogens (tertiary/aromatic N) is 2. The molecule has 1 aromatic heterocycles. The Kier molecular flexibility index (Phi) is 6.25. The number of carbonyl (C=O) groups excluding carboxylic acids is 3. The molecule has 1 N–H and O–H groups in total. The highest BCUT2D eigenvalue weighted by molar-refractivity contribution is 6.45. The smallest absolute Gasteiger partial charge is 0.295 e. The van der Waals surface area contributed by atoms with Crippen LogP contribution in [0, 0.1) is 5.82 Å². The van der Waals surface area contributed by atoms with Gasteiger partial charge in [0, 0.05) is 43.5 Å². The summed E-state index contributed by atoms with van der Waals surface area (Å²) < 4.78 is 18.9. The molecule has 182 valence electrons. The first kappa shape index (κ1) is 23.3. The van der Waals surface area contributed by atoms with E-state index in [0.29, 0.717) is 35.3 Å². The van der Waals surface area contributed by atoms with Gasteiger partial charge in [0.1, 0.15) is 11.6 Å². The molecule has 0 spiro atoms. The number of hydrogen-bond donors (Lipinski definition) is 1. The Bertz CT molecular complexity index is 1440. The molecule has 5 rings (SSSR count). The van der Waals surface area contributed by atoms with Crippen molar-refractivity contribution in [3.05, 3.63) is 89.9 Å². The zero-order valence-electron chi connectivity index (χ0n) is 19.7. The second-order valence-electron chi connectivity index (χ2n) is 8.55. The maximum atomic E-state index is 13.4. The van der Waals surface area contributed by atoms with Gasteiger partial charge in [0.2, 0.25) is 0 Å². The fourth-order valence-electron chi connectivity index (χ4n) is 4.57. The third kappa shape index (κ3) is 4.22. The van der Waals surface area contributed by atoms with Crippen LogP contribution >= 0.6 is 0 Å². The van der Waals surface area contributed by atoms with Crippen molar-refractivity contribution in [2.75, 3.05) is 33.3 Å². The number of carbonyl (C=O) groups is 3. The molecule has 0 saturated carbocycles. The number of ketones is 1. The van der Waals surface area contributed by atoms with Gasteiger partial charge in [0.15, 0.2) is 0 Å². The monoisotopic (exact) mass is 485 g/mol. The second kappa shape index (κ2) is 9.65. The lowest BCUT2D eigenvalue weighted by Crippen LogP contribution is -2.52. The quantitative estimate of drug-likeness (QED) is 0.340. The molecule has 0 radical (unpaired) electrons. The number of aromatic nitrogens is 1. The summed E-state index contributed by atoms with van der Waals surface area (Å²) in [5.74, 6) is -1.27. The van der Waals surface area contributed by atoms with Crippen molar-refractivity contribution in [2.24, 2.45) is 0 Å². The average Bonchev–Trinajstić information content (AvgIpc) is 3.38. The van der Waals surface area contributed by atoms with Crippen molar-refractivity contribution in [2.45, 2.75) is 0 Å². The fourth-order valence-corrected chi connectivity index (χ4v) is 4.57. The zero-order valence-corrected chi connectivity index (χ0v) is 19.7. The first-order chi connectivity index (χ1) is 17.5. The summed E-state index contributed by atoms with van der Waals surface area (Å²) in [6.45, 7) is 1.23. The lowest BCUT2D eigenvalue weighted by molar-refractivity contribution is -0.127. The molecule has 0 aliphatic carbocycles. The molecule has 36 heavy (non-hydrogen) atoms. The van der Waals surface area contributed by atoms with Gasteiger partial charge in [-0.05, 0) is 42.0 Å². The number of hydrogen-bond acceptors (Lipinski definition) is 4. The van der Waals surface area contributed by atoms with Crippen LogP contribution in [0.4, 0.5) is 4.39 Å². The van der Waals surface area contributed by atoms with E-state index in [1.54, 1.807) is 35.2 Å². The third-order valence-corrected chi connectivity index (χ3v) is 6.49. The third-order valence-electron chi connectivity index (χ3n) is 6.49. The first-order valence-corrected chi connectivity index (χ1v) is 11.6. The standard InChI is InChI=1S/C28H24FN3O4/c1-36-23-12-11-21(18-7-9-20(29)10-8-18)25-24(23)22(17-30-25)26(33)28(35)32-15-13-31(14-16-32)27(34)19-5-3-2-4-6-19/h2-12,17,30H,13-16H2,1H3. The highest BCUT2D eigenvalue weighted by Gasteiger charge is 2.31. The molecule has 0 bridgehead atoms. The topological polar surface area (TPSA) is 82.7 Å². The summed E-state index contributed by atoms with van der Waals surface area (Å²) in [6, 6.07) is 18.6. The van der Waals surface area contributed by atoms with E-state index in [1.165, 1.54) is 30.3 Å². The van der Waals surface area contributed by atoms with Crippen molar-refractivity contribution >= 4 is 28.5 Å². The van der Waals surface area contributed by atoms with Crippen molar-refractivity contribution < 1.29 is 23.5 Å². The molecule has 2 heterocycles. The van der Waals surface area contributed by atoms with Gasteiger partial charge in [-0.3, -0.25) is 14.4 Å². The number of piperazine rings is 1. The molecule has 8 heteroatoms. The Balaban J connectivity index is 1.37. The summed E-state index contributed by atoms with van der Waals surface area (Å²) in [4.78, 5) is 45.4. The molecule has 2 amide bonds. The van der Waals surface area contributed by atoms with Crippen LogP contribution in [0.15, 0.2) is 72.9 Å². The Morgan fingerprint density at radius 3 is 2.19 bits per heavy atom. The number of amides is 2. The zero-order chi connectivity index (χ0) is 25.2. The fraction of sp³-hybridized carbons (Fsp3) is 0.179. The number of Topliss-reactive ketones (excluding diaryl/α,β-unsaturated/α-hetero) is 1. The van der Waals surface area contributed by atoms with Crippen molar-refractivity contribution in [1.29, 1.82) is 0 Å². The molecule has 7 nitrogen and oxygen atoms in total. The van der Waals surface area contributed by atoms with Crippen LogP contribution in [0.25, 0.3) is 22.0 Å². The van der Waals surface area contributed by atoms with Gasteiger partial charge in [-0.25, -0.2) is 4.39 Å². The number of nitrogens with one attached hydrogen (secondary N) is 1. The van der Waals surface area contributed by atoms with Crippen molar-refractivity contribution in [1.82, 2.24) is 14.8 Å². The number of benzene rings is 3. The Morgan fingerprint density at radius 2 is 1.53 bits per heavy atom. The lowest BCUT2D eigenvalue weighted by Gasteiger charge is -2.34. The van der Waals surface area contributed by atoms with Crippen LogP contribution in [0.1, 0.15) is 20.7 Å². The molecule has 0 atom stereocenters. The Hall–Kier alpha value is -4.46. The van der Waals surface area contributed by atoms with Crippen LogP contribution in [-0.4, -0.2) is 65.7 Å². The van der Waals surface area contributed by atoms with Gasteiger partial charge in [-0.1, -0.05) is 30.3 Å². The average molecular weight is 486 g/mol. The van der Waals surface area contributed by atoms with E-state index in [0.717, 1.165) is 11.1 Å². The number of fused-ring (bicyclic) bond motifs is 1. The first-order valence-electron chi connectivity index (χ1n) is 11.6. The number of aromatic amines is 1. The summed E-state index contributed by atoms with van der Waals surface area (Å²) in [7, 11) is 1.50. The molecule has 4 aromatic rings. The molecule has 1 aliphatic rings. The lowest BCUT2D eigenvalue weighted by atomic mass is 9.99. The molecule has 0 unspecified atom stereocenters. The summed E-state index contributed by atoms with van der Waals surface area (Å²) in [5.41, 5.74) is 2.94. The minimum atomic E-state index is -0.654. The van der Waals surface area contributed by atoms with Gasteiger partial charge in [-0.2, -0.15) is 0 Å². The molecule has 1 fully saturated rings. The van der Waals surface area contributed by atoms with Crippen LogP contribution in [0.2, 0.25) is 0 Å². The van der Waals surface area contributed by atoms with Crippen molar-refractivity contribution in [3.8, 4) is 16.9 Å².